The molecule has 1 aliphatic rings. The van der Waals surface area contributed by atoms with Crippen molar-refractivity contribution in [3.8, 4) is 0 Å². The normalized spacial score (nSPS) is 24.9. The van der Waals surface area contributed by atoms with Crippen LogP contribution in [-0.4, -0.2) is 17.9 Å². The van der Waals surface area contributed by atoms with E-state index in [4.69, 9.17) is 11.5 Å². The topological polar surface area (TPSA) is 64.4 Å². The number of nitrogens with two attached hydrogens (primary N) is 2. The summed E-state index contributed by atoms with van der Waals surface area (Å²) >= 11 is 0. The Balaban J connectivity index is 2.30. The van der Waals surface area contributed by atoms with Crippen LogP contribution in [0.3, 0.4) is 0 Å². The summed E-state index contributed by atoms with van der Waals surface area (Å²) < 4.78 is 0. The Kier molecular flexibility index (Phi) is 5.40. The maximum Gasteiger partial charge on any atom is 0.0940 e. The highest BCUT2D eigenvalue weighted by Crippen LogP contribution is 2.15. The van der Waals surface area contributed by atoms with Crippen LogP contribution in [0.15, 0.2) is 17.1 Å². The highest BCUT2D eigenvalue weighted by Gasteiger charge is 2.09. The first-order valence-corrected chi connectivity index (χ1v) is 5.91. The first kappa shape index (κ1) is 12.2. The van der Waals surface area contributed by atoms with Crippen LogP contribution in [0, 0.1) is 0 Å². The van der Waals surface area contributed by atoms with E-state index in [2.05, 4.69) is 17.1 Å². The van der Waals surface area contributed by atoms with Crippen LogP contribution in [0.1, 0.15) is 45.4 Å². The van der Waals surface area contributed by atoms with Gasteiger partial charge in [0.1, 0.15) is 0 Å². The van der Waals surface area contributed by atoms with Gasteiger partial charge in [-0.25, -0.2) is 0 Å². The van der Waals surface area contributed by atoms with Crippen LogP contribution in [-0.2, 0) is 0 Å². The lowest BCUT2D eigenvalue weighted by Crippen LogP contribution is -2.14. The Labute approximate surface area is 92.6 Å². The van der Waals surface area contributed by atoms with Crippen molar-refractivity contribution in [3.63, 3.8) is 0 Å². The van der Waals surface area contributed by atoms with E-state index in [1.165, 1.54) is 19.3 Å². The SMILES string of the molecule is C[C@H](N)C/C=C\C[C@@H]1CCCCC(N)=N1. The van der Waals surface area contributed by atoms with E-state index in [-0.39, 0.29) is 6.04 Å². The second-order valence-corrected chi connectivity index (χ2v) is 4.44. The Morgan fingerprint density at radius 1 is 1.47 bits per heavy atom. The quantitative estimate of drug-likeness (QED) is 0.695. The molecule has 0 unspecified atom stereocenters. The minimum atomic E-state index is 0.254. The number of amidine groups is 1. The minimum Gasteiger partial charge on any atom is -0.387 e. The van der Waals surface area contributed by atoms with Gasteiger partial charge in [-0.05, 0) is 32.6 Å². The monoisotopic (exact) mass is 209 g/mol. The van der Waals surface area contributed by atoms with Crippen molar-refractivity contribution in [2.45, 2.75) is 57.5 Å². The van der Waals surface area contributed by atoms with Gasteiger partial charge in [0.05, 0.1) is 11.9 Å². The van der Waals surface area contributed by atoms with Crippen LogP contribution in [0.2, 0.25) is 0 Å². The summed E-state index contributed by atoms with van der Waals surface area (Å²) in [5.74, 6) is 0.832. The molecule has 2 atom stereocenters. The molecule has 0 fully saturated rings. The Morgan fingerprint density at radius 2 is 2.27 bits per heavy atom. The van der Waals surface area contributed by atoms with Crippen LogP contribution in [0.25, 0.3) is 0 Å². The van der Waals surface area contributed by atoms with Crippen LogP contribution in [0.5, 0.6) is 0 Å². The molecule has 0 amide bonds. The lowest BCUT2D eigenvalue weighted by molar-refractivity contribution is 0.595. The third-order valence-corrected chi connectivity index (χ3v) is 2.65. The molecular formula is C12H23N3. The Morgan fingerprint density at radius 3 is 3.00 bits per heavy atom. The summed E-state index contributed by atoms with van der Waals surface area (Å²) in [7, 11) is 0. The average Bonchev–Trinajstić information content (AvgIpc) is 2.37. The van der Waals surface area contributed by atoms with Crippen molar-refractivity contribution in [1.82, 2.24) is 0 Å². The fourth-order valence-electron chi connectivity index (χ4n) is 1.78. The minimum absolute atomic E-state index is 0.254. The van der Waals surface area contributed by atoms with Gasteiger partial charge >= 0.3 is 0 Å². The van der Waals surface area contributed by atoms with E-state index in [0.29, 0.717) is 6.04 Å². The zero-order valence-corrected chi connectivity index (χ0v) is 9.65. The molecule has 0 aromatic carbocycles. The van der Waals surface area contributed by atoms with Gasteiger partial charge in [0.25, 0.3) is 0 Å². The summed E-state index contributed by atoms with van der Waals surface area (Å²) in [6.07, 6.45) is 10.9. The molecule has 0 aliphatic carbocycles. The summed E-state index contributed by atoms with van der Waals surface area (Å²) in [6.45, 7) is 2.02. The molecule has 0 saturated heterocycles. The predicted octanol–water partition coefficient (Wildman–Crippen LogP) is 1.97. The molecule has 0 aromatic heterocycles. The van der Waals surface area contributed by atoms with Gasteiger partial charge in [-0.1, -0.05) is 18.6 Å². The molecule has 3 heteroatoms. The summed E-state index contributed by atoms with van der Waals surface area (Å²) in [5.41, 5.74) is 11.4. The molecule has 0 spiro atoms. The number of nitrogens with zero attached hydrogens (tertiary/aromatic N) is 1. The predicted molar refractivity (Wildman–Crippen MR) is 65.9 cm³/mol. The highest BCUT2D eigenvalue weighted by atomic mass is 14.9. The molecule has 1 rings (SSSR count). The fourth-order valence-corrected chi connectivity index (χ4v) is 1.78. The molecule has 0 saturated carbocycles. The van der Waals surface area contributed by atoms with Gasteiger partial charge < -0.3 is 11.5 Å². The van der Waals surface area contributed by atoms with Crippen molar-refractivity contribution in [1.29, 1.82) is 0 Å². The molecule has 0 aromatic rings. The van der Waals surface area contributed by atoms with Crippen LogP contribution in [0.4, 0.5) is 0 Å². The van der Waals surface area contributed by atoms with Gasteiger partial charge in [-0.15, -0.1) is 0 Å². The number of rotatable bonds is 4. The van der Waals surface area contributed by atoms with Crippen LogP contribution >= 0.6 is 0 Å². The molecule has 4 N–H and O–H groups in total. The van der Waals surface area contributed by atoms with E-state index in [1.807, 2.05) is 6.92 Å². The van der Waals surface area contributed by atoms with Gasteiger partial charge in [0.2, 0.25) is 0 Å². The average molecular weight is 209 g/mol. The second kappa shape index (κ2) is 6.62. The van der Waals surface area contributed by atoms with E-state index in [0.717, 1.165) is 25.1 Å². The third-order valence-electron chi connectivity index (χ3n) is 2.65. The largest absolute Gasteiger partial charge is 0.387 e. The molecule has 0 radical (unpaired) electrons. The van der Waals surface area contributed by atoms with Crippen molar-refractivity contribution >= 4 is 5.84 Å². The molecule has 1 aliphatic heterocycles. The summed E-state index contributed by atoms with van der Waals surface area (Å²) in [6, 6.07) is 0.654. The standard InChI is InChI=1S/C12H23N3/c1-10(13)6-2-3-7-11-8-4-5-9-12(14)15-11/h2-3,10-11H,4-9,13H2,1H3,(H2,14,15)/b3-2-/t10-,11+/m0/s1. The van der Waals surface area contributed by atoms with E-state index in [1.54, 1.807) is 0 Å². The molecule has 86 valence electrons. The summed E-state index contributed by atoms with van der Waals surface area (Å²) in [5, 5.41) is 0. The van der Waals surface area contributed by atoms with E-state index < -0.39 is 0 Å². The Bertz CT molecular complexity index is 231. The van der Waals surface area contributed by atoms with Crippen molar-refractivity contribution in [2.75, 3.05) is 0 Å². The number of aliphatic imine (C=N–C) groups is 1. The fraction of sp³-hybridized carbons (Fsp3) is 0.750. The smallest absolute Gasteiger partial charge is 0.0940 e. The van der Waals surface area contributed by atoms with Crippen molar-refractivity contribution in [3.05, 3.63) is 12.2 Å². The molecule has 3 nitrogen and oxygen atoms in total. The van der Waals surface area contributed by atoms with Gasteiger partial charge in [0, 0.05) is 12.5 Å². The third kappa shape index (κ3) is 5.57. The second-order valence-electron chi connectivity index (χ2n) is 4.44. The zero-order chi connectivity index (χ0) is 11.1. The molecular weight excluding hydrogens is 186 g/mol. The lowest BCUT2D eigenvalue weighted by atomic mass is 10.1. The van der Waals surface area contributed by atoms with E-state index in [9.17, 15) is 0 Å². The van der Waals surface area contributed by atoms with Gasteiger partial charge in [-0.3, -0.25) is 4.99 Å². The van der Waals surface area contributed by atoms with Crippen molar-refractivity contribution in [2.24, 2.45) is 16.5 Å². The Hall–Kier alpha value is -0.830. The maximum atomic E-state index is 5.78. The lowest BCUT2D eigenvalue weighted by Gasteiger charge is -2.07. The van der Waals surface area contributed by atoms with E-state index >= 15 is 0 Å². The highest BCUT2D eigenvalue weighted by molar-refractivity contribution is 5.80. The van der Waals surface area contributed by atoms with Crippen LogP contribution < -0.4 is 11.5 Å². The van der Waals surface area contributed by atoms with Gasteiger partial charge in [-0.2, -0.15) is 0 Å². The first-order valence-electron chi connectivity index (χ1n) is 5.91. The zero-order valence-electron chi connectivity index (χ0n) is 9.65. The molecule has 1 heterocycles. The number of hydrogen-bond donors (Lipinski definition) is 2. The summed E-state index contributed by atoms with van der Waals surface area (Å²) in [4.78, 5) is 4.50. The number of hydrogen-bond acceptors (Lipinski definition) is 3. The van der Waals surface area contributed by atoms with Crippen molar-refractivity contribution < 1.29 is 0 Å². The first-order chi connectivity index (χ1) is 7.18. The maximum absolute atomic E-state index is 5.78. The van der Waals surface area contributed by atoms with Gasteiger partial charge in [0.15, 0.2) is 0 Å². The molecule has 0 bridgehead atoms. The molecule has 15 heavy (non-hydrogen) atoms.